The van der Waals surface area contributed by atoms with Crippen molar-refractivity contribution in [2.45, 2.75) is 13.3 Å². The van der Waals surface area contributed by atoms with Crippen molar-refractivity contribution in [1.29, 1.82) is 0 Å². The molecule has 0 spiro atoms. The predicted octanol–water partition coefficient (Wildman–Crippen LogP) is 4.12. The van der Waals surface area contributed by atoms with Crippen LogP contribution in [-0.4, -0.2) is 23.5 Å². The number of esters is 1. The first-order valence-electron chi connectivity index (χ1n) is 8.33. The van der Waals surface area contributed by atoms with Crippen LogP contribution in [0.4, 0.5) is 14.5 Å². The van der Waals surface area contributed by atoms with E-state index in [1.807, 2.05) is 36.5 Å². The number of para-hydroxylation sites is 1. The Morgan fingerprint density at radius 1 is 1.11 bits per heavy atom. The number of carbonyl (C=O) groups excluding carboxylic acids is 2. The number of ether oxygens (including phenoxy) is 1. The van der Waals surface area contributed by atoms with Crippen LogP contribution >= 0.6 is 11.3 Å². The molecule has 5 nitrogen and oxygen atoms in total. The van der Waals surface area contributed by atoms with E-state index in [9.17, 15) is 18.4 Å². The number of nitrogens with zero attached hydrogens (tertiary/aromatic N) is 1. The van der Waals surface area contributed by atoms with Crippen LogP contribution in [0.15, 0.2) is 47.8 Å². The molecule has 0 aliphatic carbocycles. The summed E-state index contributed by atoms with van der Waals surface area (Å²) in [6.45, 7) is 1.34. The third kappa shape index (κ3) is 4.98. The summed E-state index contributed by atoms with van der Waals surface area (Å²) >= 11 is 1.40. The minimum absolute atomic E-state index is 0.107. The fourth-order valence-corrected chi connectivity index (χ4v) is 3.18. The SMILES string of the molecule is Cc1ccc(-c2nc(CC(=O)OCC(=O)Nc3c(F)cccc3F)cs2)cc1. The van der Waals surface area contributed by atoms with Gasteiger partial charge in [-0.2, -0.15) is 0 Å². The van der Waals surface area contributed by atoms with E-state index < -0.39 is 35.8 Å². The molecule has 1 heterocycles. The summed E-state index contributed by atoms with van der Waals surface area (Å²) in [4.78, 5) is 28.0. The summed E-state index contributed by atoms with van der Waals surface area (Å²) < 4.78 is 31.8. The summed E-state index contributed by atoms with van der Waals surface area (Å²) in [6.07, 6.45) is -0.107. The van der Waals surface area contributed by atoms with Gasteiger partial charge in [0, 0.05) is 10.9 Å². The lowest BCUT2D eigenvalue weighted by molar-refractivity contribution is -0.146. The van der Waals surface area contributed by atoms with Crippen molar-refractivity contribution in [3.8, 4) is 10.6 Å². The summed E-state index contributed by atoms with van der Waals surface area (Å²) in [6, 6.07) is 11.0. The Morgan fingerprint density at radius 3 is 2.46 bits per heavy atom. The van der Waals surface area contributed by atoms with E-state index in [1.165, 1.54) is 17.4 Å². The van der Waals surface area contributed by atoms with Crippen molar-refractivity contribution in [2.75, 3.05) is 11.9 Å². The molecular weight excluding hydrogens is 386 g/mol. The Bertz CT molecular complexity index is 983. The predicted molar refractivity (Wildman–Crippen MR) is 102 cm³/mol. The molecule has 0 saturated heterocycles. The Kier molecular flexibility index (Phi) is 6.10. The average Bonchev–Trinajstić information content (AvgIpc) is 3.12. The van der Waals surface area contributed by atoms with Crippen LogP contribution in [0.5, 0.6) is 0 Å². The minimum atomic E-state index is -0.911. The zero-order valence-electron chi connectivity index (χ0n) is 14.9. The number of hydrogen-bond donors (Lipinski definition) is 1. The molecule has 1 amide bonds. The first-order valence-corrected chi connectivity index (χ1v) is 9.21. The standard InChI is InChI=1S/C20H16F2N2O3S/c1-12-5-7-13(8-6-12)20-23-14(11-28-20)9-18(26)27-10-17(25)24-19-15(21)3-2-4-16(19)22/h2-8,11H,9-10H2,1H3,(H,24,25). The van der Waals surface area contributed by atoms with Crippen molar-refractivity contribution in [2.24, 2.45) is 0 Å². The van der Waals surface area contributed by atoms with E-state index in [0.717, 1.165) is 28.3 Å². The van der Waals surface area contributed by atoms with Gasteiger partial charge in [0.25, 0.3) is 5.91 Å². The van der Waals surface area contributed by atoms with Gasteiger partial charge < -0.3 is 10.1 Å². The lowest BCUT2D eigenvalue weighted by atomic mass is 10.2. The maximum Gasteiger partial charge on any atom is 0.312 e. The fraction of sp³-hybridized carbons (Fsp3) is 0.150. The van der Waals surface area contributed by atoms with Crippen molar-refractivity contribution < 1.29 is 23.1 Å². The molecule has 0 aliphatic rings. The molecule has 3 aromatic rings. The lowest BCUT2D eigenvalue weighted by Gasteiger charge is -2.08. The molecule has 0 saturated carbocycles. The molecule has 2 aromatic carbocycles. The normalized spacial score (nSPS) is 10.5. The van der Waals surface area contributed by atoms with Crippen LogP contribution in [0.25, 0.3) is 10.6 Å². The second-order valence-corrected chi connectivity index (χ2v) is 6.85. The smallest absolute Gasteiger partial charge is 0.312 e. The fourth-order valence-electron chi connectivity index (χ4n) is 2.35. The summed E-state index contributed by atoms with van der Waals surface area (Å²) in [5.74, 6) is -3.32. The number of benzene rings is 2. The van der Waals surface area contributed by atoms with Gasteiger partial charge in [-0.15, -0.1) is 11.3 Å². The van der Waals surface area contributed by atoms with E-state index in [0.29, 0.717) is 5.69 Å². The van der Waals surface area contributed by atoms with Gasteiger partial charge in [-0.25, -0.2) is 13.8 Å². The van der Waals surface area contributed by atoms with Crippen molar-refractivity contribution in [1.82, 2.24) is 4.98 Å². The number of aromatic nitrogens is 1. The van der Waals surface area contributed by atoms with E-state index >= 15 is 0 Å². The van der Waals surface area contributed by atoms with Crippen LogP contribution in [0.3, 0.4) is 0 Å². The minimum Gasteiger partial charge on any atom is -0.455 e. The highest BCUT2D eigenvalue weighted by atomic mass is 32.1. The molecule has 0 unspecified atom stereocenters. The zero-order valence-corrected chi connectivity index (χ0v) is 15.7. The molecule has 0 fully saturated rings. The van der Waals surface area contributed by atoms with Gasteiger partial charge >= 0.3 is 5.97 Å². The van der Waals surface area contributed by atoms with E-state index in [4.69, 9.17) is 4.74 Å². The van der Waals surface area contributed by atoms with Crippen molar-refractivity contribution >= 4 is 28.9 Å². The van der Waals surface area contributed by atoms with Crippen LogP contribution in [0.1, 0.15) is 11.3 Å². The molecule has 144 valence electrons. The molecule has 1 aromatic heterocycles. The third-order valence-electron chi connectivity index (χ3n) is 3.77. The molecule has 1 N–H and O–H groups in total. The Hall–Kier alpha value is -3.13. The molecule has 28 heavy (non-hydrogen) atoms. The zero-order chi connectivity index (χ0) is 20.1. The lowest BCUT2D eigenvalue weighted by Crippen LogP contribution is -2.22. The molecule has 0 bridgehead atoms. The second kappa shape index (κ2) is 8.71. The van der Waals surface area contributed by atoms with Gasteiger partial charge in [-0.05, 0) is 19.1 Å². The number of carbonyl (C=O) groups is 2. The van der Waals surface area contributed by atoms with E-state index in [-0.39, 0.29) is 6.42 Å². The van der Waals surface area contributed by atoms with Gasteiger partial charge in [0.2, 0.25) is 0 Å². The number of aryl methyl sites for hydroxylation is 1. The quantitative estimate of drug-likeness (QED) is 0.630. The number of anilines is 1. The highest BCUT2D eigenvalue weighted by Crippen LogP contribution is 2.24. The number of hydrogen-bond acceptors (Lipinski definition) is 5. The number of amides is 1. The summed E-state index contributed by atoms with van der Waals surface area (Å²) in [5, 5.41) is 4.56. The van der Waals surface area contributed by atoms with Gasteiger partial charge in [-0.3, -0.25) is 9.59 Å². The van der Waals surface area contributed by atoms with Gasteiger partial charge in [0.1, 0.15) is 22.3 Å². The van der Waals surface area contributed by atoms with Gasteiger partial charge in [-0.1, -0.05) is 35.9 Å². The molecule has 8 heteroatoms. The van der Waals surface area contributed by atoms with Gasteiger partial charge in [0.05, 0.1) is 12.1 Å². The van der Waals surface area contributed by atoms with Crippen LogP contribution in [-0.2, 0) is 20.7 Å². The monoisotopic (exact) mass is 402 g/mol. The summed E-state index contributed by atoms with van der Waals surface area (Å²) in [5.41, 5.74) is 2.02. The number of halogens is 2. The van der Waals surface area contributed by atoms with E-state index in [2.05, 4.69) is 4.98 Å². The number of nitrogens with one attached hydrogen (secondary N) is 1. The second-order valence-electron chi connectivity index (χ2n) is 5.99. The van der Waals surface area contributed by atoms with Crippen LogP contribution in [0, 0.1) is 18.6 Å². The Morgan fingerprint density at radius 2 is 1.79 bits per heavy atom. The largest absolute Gasteiger partial charge is 0.455 e. The first kappa shape index (κ1) is 19.6. The first-order chi connectivity index (χ1) is 13.4. The Balaban J connectivity index is 1.52. The van der Waals surface area contributed by atoms with Gasteiger partial charge in [0.15, 0.2) is 6.61 Å². The summed E-state index contributed by atoms with van der Waals surface area (Å²) in [7, 11) is 0. The molecule has 0 atom stereocenters. The number of thiazole rings is 1. The number of rotatable bonds is 6. The van der Waals surface area contributed by atoms with E-state index in [1.54, 1.807) is 5.38 Å². The topological polar surface area (TPSA) is 68.3 Å². The van der Waals surface area contributed by atoms with Crippen molar-refractivity contribution in [3.05, 3.63) is 70.7 Å². The molecular formula is C20H16F2N2O3S. The molecule has 0 aliphatic heterocycles. The molecule has 3 rings (SSSR count). The molecule has 0 radical (unpaired) electrons. The Labute approximate surface area is 164 Å². The van der Waals surface area contributed by atoms with Crippen molar-refractivity contribution in [3.63, 3.8) is 0 Å². The maximum atomic E-state index is 13.5. The highest BCUT2D eigenvalue weighted by molar-refractivity contribution is 7.13. The average molecular weight is 402 g/mol. The third-order valence-corrected chi connectivity index (χ3v) is 4.71. The maximum absolute atomic E-state index is 13.5. The van der Waals surface area contributed by atoms with Crippen LogP contribution < -0.4 is 5.32 Å². The highest BCUT2D eigenvalue weighted by Gasteiger charge is 2.15. The van der Waals surface area contributed by atoms with Crippen LogP contribution in [0.2, 0.25) is 0 Å².